The molecule has 0 radical (unpaired) electrons. The molecule has 0 spiro atoms. The van der Waals surface area contributed by atoms with E-state index >= 15 is 0 Å². The number of rotatable bonds is 5. The van der Waals surface area contributed by atoms with Crippen molar-refractivity contribution in [2.45, 2.75) is 19.6 Å². The molecule has 3 aromatic rings. The molecule has 0 aliphatic rings. The first-order chi connectivity index (χ1) is 11.1. The molecular formula is C16H14N2O4S. The molecule has 23 heavy (non-hydrogen) atoms. The van der Waals surface area contributed by atoms with Crippen LogP contribution in [0.25, 0.3) is 10.2 Å². The standard InChI is InChI=1S/C16H14N2O4S/c1-10(15(19)17-8-12-3-2-6-21-12)22-16(20)11-4-5-13-14(7-11)23-9-18-13/h2-7,9-10H,8H2,1H3,(H,17,19)/t10-/m1/s1. The highest BCUT2D eigenvalue weighted by atomic mass is 32.1. The molecule has 118 valence electrons. The summed E-state index contributed by atoms with van der Waals surface area (Å²) in [5.74, 6) is -0.290. The molecule has 0 saturated heterocycles. The summed E-state index contributed by atoms with van der Waals surface area (Å²) in [7, 11) is 0. The van der Waals surface area contributed by atoms with Crippen LogP contribution in [0.3, 0.4) is 0 Å². The highest BCUT2D eigenvalue weighted by Gasteiger charge is 2.19. The number of nitrogens with one attached hydrogen (secondary N) is 1. The lowest BCUT2D eigenvalue weighted by Crippen LogP contribution is -2.35. The van der Waals surface area contributed by atoms with Gasteiger partial charge >= 0.3 is 5.97 Å². The lowest BCUT2D eigenvalue weighted by molar-refractivity contribution is -0.129. The zero-order valence-corrected chi connectivity index (χ0v) is 13.1. The number of furan rings is 1. The summed E-state index contributed by atoms with van der Waals surface area (Å²) in [4.78, 5) is 28.2. The third kappa shape index (κ3) is 3.57. The average molecular weight is 330 g/mol. The van der Waals surface area contributed by atoms with E-state index in [4.69, 9.17) is 9.15 Å². The Bertz CT molecular complexity index is 826. The summed E-state index contributed by atoms with van der Waals surface area (Å²) in [5.41, 5.74) is 2.94. The molecule has 1 N–H and O–H groups in total. The number of fused-ring (bicyclic) bond motifs is 1. The number of hydrogen-bond acceptors (Lipinski definition) is 6. The summed E-state index contributed by atoms with van der Waals surface area (Å²) >= 11 is 1.44. The number of carbonyl (C=O) groups is 2. The maximum absolute atomic E-state index is 12.1. The van der Waals surface area contributed by atoms with Gasteiger partial charge in [-0.25, -0.2) is 9.78 Å². The molecule has 1 atom stereocenters. The smallest absolute Gasteiger partial charge is 0.338 e. The Morgan fingerprint density at radius 3 is 3.04 bits per heavy atom. The SMILES string of the molecule is C[C@@H](OC(=O)c1ccc2ncsc2c1)C(=O)NCc1ccco1. The molecule has 0 aliphatic heterocycles. The van der Waals surface area contributed by atoms with Gasteiger partial charge < -0.3 is 14.5 Å². The van der Waals surface area contributed by atoms with Gasteiger partial charge in [0, 0.05) is 0 Å². The van der Waals surface area contributed by atoms with Crippen molar-refractivity contribution in [2.24, 2.45) is 0 Å². The van der Waals surface area contributed by atoms with Crippen LogP contribution in [0.1, 0.15) is 23.0 Å². The van der Waals surface area contributed by atoms with E-state index in [0.717, 1.165) is 10.2 Å². The first-order valence-corrected chi connectivity index (χ1v) is 7.86. The third-order valence-corrected chi connectivity index (χ3v) is 4.03. The van der Waals surface area contributed by atoms with Crippen LogP contribution >= 0.6 is 11.3 Å². The van der Waals surface area contributed by atoms with E-state index in [1.54, 1.807) is 35.8 Å². The first kappa shape index (κ1) is 15.2. The molecule has 0 bridgehead atoms. The molecular weight excluding hydrogens is 316 g/mol. The largest absolute Gasteiger partial charge is 0.467 e. The molecule has 2 aromatic heterocycles. The van der Waals surface area contributed by atoms with Gasteiger partial charge in [0.2, 0.25) is 0 Å². The number of nitrogens with zero attached hydrogens (tertiary/aromatic N) is 1. The van der Waals surface area contributed by atoms with Gasteiger partial charge in [0.05, 0.1) is 34.1 Å². The number of ether oxygens (including phenoxy) is 1. The van der Waals surface area contributed by atoms with Crippen LogP contribution in [0.2, 0.25) is 0 Å². The van der Waals surface area contributed by atoms with E-state index in [0.29, 0.717) is 11.3 Å². The van der Waals surface area contributed by atoms with Crippen molar-refractivity contribution < 1.29 is 18.7 Å². The lowest BCUT2D eigenvalue weighted by atomic mass is 10.2. The third-order valence-electron chi connectivity index (χ3n) is 3.24. The average Bonchev–Trinajstić information content (AvgIpc) is 3.22. The molecule has 0 aliphatic carbocycles. The van der Waals surface area contributed by atoms with Crippen LogP contribution in [-0.4, -0.2) is 23.0 Å². The molecule has 7 heteroatoms. The normalized spacial score (nSPS) is 12.0. The van der Waals surface area contributed by atoms with E-state index in [9.17, 15) is 9.59 Å². The molecule has 6 nitrogen and oxygen atoms in total. The molecule has 3 rings (SSSR count). The zero-order valence-electron chi connectivity index (χ0n) is 12.3. The minimum Gasteiger partial charge on any atom is -0.467 e. The molecule has 0 fully saturated rings. The summed E-state index contributed by atoms with van der Waals surface area (Å²) in [6, 6.07) is 8.59. The first-order valence-electron chi connectivity index (χ1n) is 6.98. The van der Waals surface area contributed by atoms with Crippen molar-refractivity contribution in [2.75, 3.05) is 0 Å². The number of esters is 1. The van der Waals surface area contributed by atoms with Crippen LogP contribution in [-0.2, 0) is 16.1 Å². The maximum Gasteiger partial charge on any atom is 0.338 e. The topological polar surface area (TPSA) is 81.4 Å². The van der Waals surface area contributed by atoms with Crippen molar-refractivity contribution in [3.05, 3.63) is 53.4 Å². The highest BCUT2D eigenvalue weighted by Crippen LogP contribution is 2.19. The molecule has 1 aromatic carbocycles. The van der Waals surface area contributed by atoms with Gasteiger partial charge in [-0.05, 0) is 37.3 Å². The Kier molecular flexibility index (Phi) is 4.38. The number of thiazole rings is 1. The fraction of sp³-hybridized carbons (Fsp3) is 0.188. The van der Waals surface area contributed by atoms with E-state index in [1.165, 1.54) is 24.5 Å². The van der Waals surface area contributed by atoms with Gasteiger partial charge in [-0.15, -0.1) is 11.3 Å². The molecule has 2 heterocycles. The monoisotopic (exact) mass is 330 g/mol. The highest BCUT2D eigenvalue weighted by molar-refractivity contribution is 7.16. The summed E-state index contributed by atoms with van der Waals surface area (Å²) < 4.78 is 11.2. The van der Waals surface area contributed by atoms with Crippen molar-refractivity contribution in [1.82, 2.24) is 10.3 Å². The number of carbonyl (C=O) groups excluding carboxylic acids is 2. The number of aromatic nitrogens is 1. The van der Waals surface area contributed by atoms with E-state index < -0.39 is 12.1 Å². The van der Waals surface area contributed by atoms with Crippen molar-refractivity contribution in [1.29, 1.82) is 0 Å². The second kappa shape index (κ2) is 6.62. The maximum atomic E-state index is 12.1. The van der Waals surface area contributed by atoms with E-state index in [2.05, 4.69) is 10.3 Å². The predicted molar refractivity (Wildman–Crippen MR) is 85.1 cm³/mol. The Hall–Kier alpha value is -2.67. The fourth-order valence-electron chi connectivity index (χ4n) is 2.00. The van der Waals surface area contributed by atoms with Gasteiger partial charge in [-0.1, -0.05) is 0 Å². The zero-order chi connectivity index (χ0) is 16.2. The summed E-state index contributed by atoms with van der Waals surface area (Å²) in [6.45, 7) is 1.78. The molecule has 1 amide bonds. The number of amides is 1. The second-order valence-electron chi connectivity index (χ2n) is 4.88. The van der Waals surface area contributed by atoms with Crippen molar-refractivity contribution >= 4 is 33.4 Å². The van der Waals surface area contributed by atoms with E-state index in [1.807, 2.05) is 0 Å². The van der Waals surface area contributed by atoms with Gasteiger partial charge in [-0.2, -0.15) is 0 Å². The van der Waals surface area contributed by atoms with Gasteiger partial charge in [0.1, 0.15) is 5.76 Å². The van der Waals surface area contributed by atoms with Crippen LogP contribution < -0.4 is 5.32 Å². The molecule has 0 unspecified atom stereocenters. The second-order valence-corrected chi connectivity index (χ2v) is 5.77. The van der Waals surface area contributed by atoms with Crippen LogP contribution in [0.5, 0.6) is 0 Å². The van der Waals surface area contributed by atoms with Crippen molar-refractivity contribution in [3.8, 4) is 0 Å². The Morgan fingerprint density at radius 1 is 1.39 bits per heavy atom. The Balaban J connectivity index is 1.58. The lowest BCUT2D eigenvalue weighted by Gasteiger charge is -2.13. The Labute approximate surface area is 136 Å². The summed E-state index contributed by atoms with van der Waals surface area (Å²) in [6.07, 6.45) is 0.634. The minimum absolute atomic E-state index is 0.251. The summed E-state index contributed by atoms with van der Waals surface area (Å²) in [5, 5.41) is 2.65. The number of benzene rings is 1. The van der Waals surface area contributed by atoms with Gasteiger partial charge in [0.15, 0.2) is 6.10 Å². The van der Waals surface area contributed by atoms with Crippen LogP contribution in [0.4, 0.5) is 0 Å². The van der Waals surface area contributed by atoms with Crippen LogP contribution in [0, 0.1) is 0 Å². The van der Waals surface area contributed by atoms with Crippen molar-refractivity contribution in [3.63, 3.8) is 0 Å². The van der Waals surface area contributed by atoms with E-state index in [-0.39, 0.29) is 12.5 Å². The Morgan fingerprint density at radius 2 is 2.26 bits per heavy atom. The fourth-order valence-corrected chi connectivity index (χ4v) is 2.71. The molecule has 0 saturated carbocycles. The van der Waals surface area contributed by atoms with Crippen LogP contribution in [0.15, 0.2) is 46.5 Å². The van der Waals surface area contributed by atoms with Gasteiger partial charge in [0.25, 0.3) is 5.91 Å². The van der Waals surface area contributed by atoms with Gasteiger partial charge in [-0.3, -0.25) is 4.79 Å². The quantitative estimate of drug-likeness (QED) is 0.728. The predicted octanol–water partition coefficient (Wildman–Crippen LogP) is 2.75. The minimum atomic E-state index is -0.894. The number of hydrogen-bond donors (Lipinski definition) is 1.